The molecule has 5 heteroatoms. The van der Waals surface area contributed by atoms with Gasteiger partial charge in [-0.15, -0.1) is 11.3 Å². The number of benzene rings is 1. The maximum Gasteiger partial charge on any atom is 0.339 e. The Kier molecular flexibility index (Phi) is 4.39. The normalized spacial score (nSPS) is 10.4. The third-order valence-corrected chi connectivity index (χ3v) is 4.01. The van der Waals surface area contributed by atoms with Gasteiger partial charge in [0, 0.05) is 16.3 Å². The lowest BCUT2D eigenvalue weighted by atomic mass is 10.1. The van der Waals surface area contributed by atoms with Gasteiger partial charge in [0.1, 0.15) is 5.82 Å². The van der Waals surface area contributed by atoms with Gasteiger partial charge in [0.2, 0.25) is 0 Å². The average molecular weight is 293 g/mol. The summed E-state index contributed by atoms with van der Waals surface area (Å²) >= 11 is 1.72. The van der Waals surface area contributed by atoms with Crippen molar-refractivity contribution >= 4 is 23.0 Å². The van der Waals surface area contributed by atoms with Crippen molar-refractivity contribution in [3.63, 3.8) is 0 Å². The van der Waals surface area contributed by atoms with Crippen LogP contribution in [0.3, 0.4) is 0 Å². The van der Waals surface area contributed by atoms with Crippen molar-refractivity contribution in [2.24, 2.45) is 0 Å². The molecule has 2 rings (SSSR count). The van der Waals surface area contributed by atoms with Crippen LogP contribution >= 0.6 is 11.3 Å². The minimum atomic E-state index is -0.481. The fraction of sp³-hybridized carbons (Fsp3) is 0.267. The molecule has 0 spiro atoms. The molecule has 1 N–H and O–H groups in total. The Balaban J connectivity index is 2.22. The van der Waals surface area contributed by atoms with Crippen molar-refractivity contribution in [2.75, 3.05) is 12.4 Å². The van der Waals surface area contributed by atoms with Crippen LogP contribution in [0.5, 0.6) is 0 Å². The standard InChI is InChI=1S/C15H16FNO2S/c1-9-6-11(10(2)20-9)8-17-14-7-12(16)4-5-13(14)15(18)19-3/h4-7,17H,8H2,1-3H3. The number of halogens is 1. The fourth-order valence-electron chi connectivity index (χ4n) is 2.00. The molecule has 0 bridgehead atoms. The summed E-state index contributed by atoms with van der Waals surface area (Å²) in [7, 11) is 1.31. The van der Waals surface area contributed by atoms with Crippen LogP contribution in [0.25, 0.3) is 0 Å². The predicted molar refractivity (Wildman–Crippen MR) is 78.9 cm³/mol. The van der Waals surface area contributed by atoms with Gasteiger partial charge in [-0.05, 0) is 43.7 Å². The summed E-state index contributed by atoms with van der Waals surface area (Å²) in [6.07, 6.45) is 0. The number of ether oxygens (including phenoxy) is 1. The van der Waals surface area contributed by atoms with E-state index in [9.17, 15) is 9.18 Å². The van der Waals surface area contributed by atoms with E-state index in [0.29, 0.717) is 17.8 Å². The van der Waals surface area contributed by atoms with Crippen LogP contribution in [-0.4, -0.2) is 13.1 Å². The molecule has 0 atom stereocenters. The van der Waals surface area contributed by atoms with E-state index < -0.39 is 11.8 Å². The third-order valence-electron chi connectivity index (χ3n) is 3.00. The molecule has 0 aliphatic heterocycles. The van der Waals surface area contributed by atoms with Crippen molar-refractivity contribution in [1.82, 2.24) is 0 Å². The first kappa shape index (κ1) is 14.5. The van der Waals surface area contributed by atoms with Crippen molar-refractivity contribution in [3.05, 3.63) is 51.0 Å². The van der Waals surface area contributed by atoms with Crippen LogP contribution in [0.1, 0.15) is 25.7 Å². The van der Waals surface area contributed by atoms with E-state index >= 15 is 0 Å². The van der Waals surface area contributed by atoms with E-state index in [2.05, 4.69) is 11.4 Å². The van der Waals surface area contributed by atoms with Crippen molar-refractivity contribution in [3.8, 4) is 0 Å². The van der Waals surface area contributed by atoms with E-state index in [0.717, 1.165) is 5.56 Å². The minimum Gasteiger partial charge on any atom is -0.465 e. The SMILES string of the molecule is COC(=O)c1ccc(F)cc1NCc1cc(C)sc1C. The Bertz CT molecular complexity index is 637. The Morgan fingerprint density at radius 2 is 2.10 bits per heavy atom. The summed E-state index contributed by atoms with van der Waals surface area (Å²) in [5.74, 6) is -0.871. The number of carbonyl (C=O) groups is 1. The first-order chi connectivity index (χ1) is 9.51. The van der Waals surface area contributed by atoms with Gasteiger partial charge in [-0.1, -0.05) is 0 Å². The maximum absolute atomic E-state index is 13.3. The molecule has 0 saturated carbocycles. The molecule has 0 radical (unpaired) electrons. The van der Waals surface area contributed by atoms with Gasteiger partial charge < -0.3 is 10.1 Å². The summed E-state index contributed by atoms with van der Waals surface area (Å²) in [6.45, 7) is 4.63. The molecule has 1 heterocycles. The molecule has 1 aromatic heterocycles. The van der Waals surface area contributed by atoms with Crippen LogP contribution in [0.15, 0.2) is 24.3 Å². The average Bonchev–Trinajstić information content (AvgIpc) is 2.74. The topological polar surface area (TPSA) is 38.3 Å². The van der Waals surface area contributed by atoms with E-state index in [1.807, 2.05) is 13.8 Å². The highest BCUT2D eigenvalue weighted by molar-refractivity contribution is 7.12. The summed E-state index contributed by atoms with van der Waals surface area (Å²) in [5.41, 5.74) is 1.92. The molecule has 0 unspecified atom stereocenters. The zero-order valence-electron chi connectivity index (χ0n) is 11.6. The molecular weight excluding hydrogens is 277 g/mol. The Labute approximate surface area is 121 Å². The van der Waals surface area contributed by atoms with Crippen LogP contribution < -0.4 is 5.32 Å². The number of hydrogen-bond donors (Lipinski definition) is 1. The van der Waals surface area contributed by atoms with Crippen molar-refractivity contribution < 1.29 is 13.9 Å². The maximum atomic E-state index is 13.3. The van der Waals surface area contributed by atoms with Crippen LogP contribution in [-0.2, 0) is 11.3 Å². The number of carbonyl (C=O) groups excluding carboxylic acids is 1. The highest BCUT2D eigenvalue weighted by Gasteiger charge is 2.13. The number of hydrogen-bond acceptors (Lipinski definition) is 4. The number of thiophene rings is 1. The summed E-state index contributed by atoms with van der Waals surface area (Å²) in [6, 6.07) is 6.07. The van der Waals surface area contributed by atoms with Crippen molar-refractivity contribution in [1.29, 1.82) is 0 Å². The Morgan fingerprint density at radius 1 is 1.35 bits per heavy atom. The smallest absolute Gasteiger partial charge is 0.339 e. The second kappa shape index (κ2) is 6.05. The van der Waals surface area contributed by atoms with Gasteiger partial charge in [-0.25, -0.2) is 9.18 Å². The molecule has 20 heavy (non-hydrogen) atoms. The second-order valence-corrected chi connectivity index (χ2v) is 5.93. The van der Waals surface area contributed by atoms with E-state index in [1.54, 1.807) is 11.3 Å². The number of esters is 1. The molecule has 106 valence electrons. The van der Waals surface area contributed by atoms with E-state index in [-0.39, 0.29) is 0 Å². The lowest BCUT2D eigenvalue weighted by molar-refractivity contribution is 0.0602. The van der Waals surface area contributed by atoms with Crippen molar-refractivity contribution in [2.45, 2.75) is 20.4 Å². The fourth-order valence-corrected chi connectivity index (χ4v) is 2.95. The van der Waals surface area contributed by atoms with Gasteiger partial charge in [0.05, 0.1) is 18.4 Å². The Hall–Kier alpha value is -1.88. The van der Waals surface area contributed by atoms with Gasteiger partial charge in [-0.2, -0.15) is 0 Å². The highest BCUT2D eigenvalue weighted by Crippen LogP contribution is 2.23. The first-order valence-electron chi connectivity index (χ1n) is 6.19. The predicted octanol–water partition coefficient (Wildman–Crippen LogP) is 3.90. The molecule has 0 amide bonds. The number of anilines is 1. The molecule has 2 aromatic rings. The number of rotatable bonds is 4. The number of methoxy groups -OCH3 is 1. The van der Waals surface area contributed by atoms with Crippen LogP contribution in [0.4, 0.5) is 10.1 Å². The lowest BCUT2D eigenvalue weighted by Crippen LogP contribution is -2.08. The number of aryl methyl sites for hydroxylation is 2. The molecule has 1 aromatic carbocycles. The summed E-state index contributed by atoms with van der Waals surface area (Å²) in [4.78, 5) is 14.1. The Morgan fingerprint density at radius 3 is 2.70 bits per heavy atom. The van der Waals surface area contributed by atoms with Crippen LogP contribution in [0, 0.1) is 19.7 Å². The number of nitrogens with one attached hydrogen (secondary N) is 1. The largest absolute Gasteiger partial charge is 0.465 e. The molecule has 0 fully saturated rings. The zero-order valence-corrected chi connectivity index (χ0v) is 12.4. The summed E-state index contributed by atoms with van der Waals surface area (Å²) < 4.78 is 18.0. The van der Waals surface area contributed by atoms with E-state index in [4.69, 9.17) is 4.74 Å². The second-order valence-electron chi connectivity index (χ2n) is 4.47. The quantitative estimate of drug-likeness (QED) is 0.869. The molecule has 0 saturated heterocycles. The molecular formula is C15H16FNO2S. The molecule has 3 nitrogen and oxygen atoms in total. The third kappa shape index (κ3) is 3.17. The van der Waals surface area contributed by atoms with Gasteiger partial charge in [0.25, 0.3) is 0 Å². The van der Waals surface area contributed by atoms with Crippen LogP contribution in [0.2, 0.25) is 0 Å². The molecule has 0 aliphatic carbocycles. The van der Waals surface area contributed by atoms with Gasteiger partial charge >= 0.3 is 5.97 Å². The first-order valence-corrected chi connectivity index (χ1v) is 7.00. The van der Waals surface area contributed by atoms with Gasteiger partial charge in [-0.3, -0.25) is 0 Å². The monoisotopic (exact) mass is 293 g/mol. The van der Waals surface area contributed by atoms with Gasteiger partial charge in [0.15, 0.2) is 0 Å². The highest BCUT2D eigenvalue weighted by atomic mass is 32.1. The lowest BCUT2D eigenvalue weighted by Gasteiger charge is -2.11. The molecule has 0 aliphatic rings. The van der Waals surface area contributed by atoms with E-state index in [1.165, 1.54) is 35.1 Å². The minimum absolute atomic E-state index is 0.332. The zero-order chi connectivity index (χ0) is 14.7. The summed E-state index contributed by atoms with van der Waals surface area (Å²) in [5, 5.41) is 3.11.